The molecule has 2 amide bonds. The van der Waals surface area contributed by atoms with Crippen LogP contribution in [-0.2, 0) is 19.6 Å². The molecule has 0 radical (unpaired) electrons. The Kier molecular flexibility index (Phi) is 6.58. The number of hydrogen-bond acceptors (Lipinski definition) is 4. The van der Waals surface area contributed by atoms with Gasteiger partial charge in [0.1, 0.15) is 0 Å². The Hall–Kier alpha value is -2.15. The van der Waals surface area contributed by atoms with Crippen molar-refractivity contribution in [1.29, 1.82) is 0 Å². The second kappa shape index (κ2) is 8.49. The summed E-state index contributed by atoms with van der Waals surface area (Å²) in [6.07, 6.45) is 4.87. The number of sulfonamides is 1. The van der Waals surface area contributed by atoms with Crippen molar-refractivity contribution in [2.24, 2.45) is 5.41 Å². The van der Waals surface area contributed by atoms with Crippen LogP contribution >= 0.6 is 0 Å². The zero-order valence-electron chi connectivity index (χ0n) is 15.3. The first-order valence-corrected chi connectivity index (χ1v) is 10.5. The summed E-state index contributed by atoms with van der Waals surface area (Å²) < 4.78 is 25.9. The quantitative estimate of drug-likeness (QED) is 0.769. The van der Waals surface area contributed by atoms with Gasteiger partial charge >= 0.3 is 0 Å². The lowest BCUT2D eigenvalue weighted by Gasteiger charge is -2.38. The zero-order valence-corrected chi connectivity index (χ0v) is 16.1. The first-order chi connectivity index (χ1) is 12.3. The third-order valence-corrected chi connectivity index (χ3v) is 5.94. The SMILES string of the molecule is CCCS(=O)(=O)NC(=O)C1(C)CCCN(C(=O)/C=C/c2ccccc2)C1. The molecule has 0 aliphatic carbocycles. The van der Waals surface area contributed by atoms with E-state index in [4.69, 9.17) is 0 Å². The van der Waals surface area contributed by atoms with Crippen molar-refractivity contribution in [2.75, 3.05) is 18.8 Å². The monoisotopic (exact) mass is 378 g/mol. The van der Waals surface area contributed by atoms with E-state index >= 15 is 0 Å². The molecule has 142 valence electrons. The van der Waals surface area contributed by atoms with Gasteiger partial charge in [0.15, 0.2) is 0 Å². The van der Waals surface area contributed by atoms with Crippen LogP contribution in [0.2, 0.25) is 0 Å². The molecule has 26 heavy (non-hydrogen) atoms. The normalized spacial score (nSPS) is 20.9. The van der Waals surface area contributed by atoms with Gasteiger partial charge in [0.2, 0.25) is 21.8 Å². The van der Waals surface area contributed by atoms with E-state index in [-0.39, 0.29) is 18.2 Å². The number of nitrogens with zero attached hydrogens (tertiary/aromatic N) is 1. The Balaban J connectivity index is 2.04. The Morgan fingerprint density at radius 3 is 2.62 bits per heavy atom. The summed E-state index contributed by atoms with van der Waals surface area (Å²) in [5.41, 5.74) is 0.0130. The molecule has 1 fully saturated rings. The first kappa shape index (κ1) is 20.2. The van der Waals surface area contributed by atoms with Crippen LogP contribution in [0.3, 0.4) is 0 Å². The van der Waals surface area contributed by atoms with Gasteiger partial charge in [-0.15, -0.1) is 0 Å². The highest BCUT2D eigenvalue weighted by Gasteiger charge is 2.40. The summed E-state index contributed by atoms with van der Waals surface area (Å²) in [6, 6.07) is 9.49. The Morgan fingerprint density at radius 1 is 1.27 bits per heavy atom. The number of nitrogens with one attached hydrogen (secondary N) is 1. The average molecular weight is 378 g/mol. The molecule has 1 N–H and O–H groups in total. The van der Waals surface area contributed by atoms with E-state index < -0.39 is 21.3 Å². The summed E-state index contributed by atoms with van der Waals surface area (Å²) in [5, 5.41) is 0. The average Bonchev–Trinajstić information content (AvgIpc) is 2.60. The maximum atomic E-state index is 12.5. The third kappa shape index (κ3) is 5.42. The van der Waals surface area contributed by atoms with Gasteiger partial charge < -0.3 is 4.90 Å². The van der Waals surface area contributed by atoms with Crippen LogP contribution in [-0.4, -0.2) is 44.0 Å². The highest BCUT2D eigenvalue weighted by atomic mass is 32.2. The number of piperidine rings is 1. The minimum Gasteiger partial charge on any atom is -0.338 e. The standard InChI is InChI=1S/C19H26N2O4S/c1-3-14-26(24,25)20-18(23)19(2)12-7-13-21(15-19)17(22)11-10-16-8-5-4-6-9-16/h4-6,8-11H,3,7,12-15H2,1-2H3,(H,20,23)/b11-10+. The van der Waals surface area contributed by atoms with Crippen LogP contribution in [0.5, 0.6) is 0 Å². The summed E-state index contributed by atoms with van der Waals surface area (Å²) in [7, 11) is -3.62. The fraction of sp³-hybridized carbons (Fsp3) is 0.474. The van der Waals surface area contributed by atoms with E-state index in [2.05, 4.69) is 4.72 Å². The smallest absolute Gasteiger partial charge is 0.246 e. The van der Waals surface area contributed by atoms with Gasteiger partial charge in [0, 0.05) is 19.2 Å². The molecule has 0 aromatic heterocycles. The molecule has 1 unspecified atom stereocenters. The Bertz CT molecular complexity index is 774. The number of hydrogen-bond donors (Lipinski definition) is 1. The highest BCUT2D eigenvalue weighted by molar-refractivity contribution is 7.90. The molecule has 6 nitrogen and oxygen atoms in total. The van der Waals surface area contributed by atoms with Gasteiger partial charge in [-0.25, -0.2) is 8.42 Å². The van der Waals surface area contributed by atoms with E-state index in [1.165, 1.54) is 6.08 Å². The van der Waals surface area contributed by atoms with Crippen LogP contribution in [0.1, 0.15) is 38.7 Å². The van der Waals surface area contributed by atoms with Crippen molar-refractivity contribution in [3.05, 3.63) is 42.0 Å². The van der Waals surface area contributed by atoms with E-state index in [1.54, 1.807) is 24.8 Å². The first-order valence-electron chi connectivity index (χ1n) is 8.83. The number of carbonyl (C=O) groups excluding carboxylic acids is 2. The van der Waals surface area contributed by atoms with Crippen molar-refractivity contribution < 1.29 is 18.0 Å². The van der Waals surface area contributed by atoms with E-state index in [0.717, 1.165) is 5.56 Å². The lowest BCUT2D eigenvalue weighted by molar-refractivity contribution is -0.136. The van der Waals surface area contributed by atoms with Crippen molar-refractivity contribution in [1.82, 2.24) is 9.62 Å². The van der Waals surface area contributed by atoms with Crippen LogP contribution in [0.4, 0.5) is 0 Å². The molecular formula is C19H26N2O4S. The fourth-order valence-electron chi connectivity index (χ4n) is 3.03. The Labute approximate surface area is 155 Å². The van der Waals surface area contributed by atoms with Gasteiger partial charge in [0.05, 0.1) is 11.2 Å². The van der Waals surface area contributed by atoms with E-state index in [9.17, 15) is 18.0 Å². The molecule has 7 heteroatoms. The number of carbonyl (C=O) groups is 2. The van der Waals surface area contributed by atoms with Gasteiger partial charge in [-0.3, -0.25) is 14.3 Å². The largest absolute Gasteiger partial charge is 0.338 e. The van der Waals surface area contributed by atoms with E-state index in [0.29, 0.717) is 25.8 Å². The molecule has 1 aliphatic heterocycles. The summed E-state index contributed by atoms with van der Waals surface area (Å²) in [6.45, 7) is 4.22. The second-order valence-electron chi connectivity index (χ2n) is 6.92. The summed E-state index contributed by atoms with van der Waals surface area (Å²) >= 11 is 0. The van der Waals surface area contributed by atoms with Gasteiger partial charge in [0.25, 0.3) is 0 Å². The molecule has 1 aromatic rings. The van der Waals surface area contributed by atoms with Crippen LogP contribution in [0.15, 0.2) is 36.4 Å². The molecule has 0 spiro atoms. The predicted molar refractivity (Wildman–Crippen MR) is 102 cm³/mol. The molecule has 1 aromatic carbocycles. The van der Waals surface area contributed by atoms with Crippen molar-refractivity contribution in [3.63, 3.8) is 0 Å². The Morgan fingerprint density at radius 2 is 1.96 bits per heavy atom. The molecular weight excluding hydrogens is 352 g/mol. The molecule has 1 aliphatic rings. The molecule has 1 atom stereocenters. The molecule has 1 saturated heterocycles. The van der Waals surface area contributed by atoms with Crippen molar-refractivity contribution >= 4 is 27.9 Å². The van der Waals surface area contributed by atoms with Crippen LogP contribution < -0.4 is 4.72 Å². The predicted octanol–water partition coefficient (Wildman–Crippen LogP) is 2.18. The number of benzene rings is 1. The molecule has 0 bridgehead atoms. The maximum absolute atomic E-state index is 12.5. The zero-order chi connectivity index (χ0) is 19.2. The third-order valence-electron chi connectivity index (χ3n) is 4.50. The molecule has 1 heterocycles. The summed E-state index contributed by atoms with van der Waals surface area (Å²) in [5.74, 6) is -0.795. The fourth-order valence-corrected chi connectivity index (χ4v) is 4.20. The van der Waals surface area contributed by atoms with E-state index in [1.807, 2.05) is 30.3 Å². The topological polar surface area (TPSA) is 83.6 Å². The number of amides is 2. The molecule has 0 saturated carbocycles. The number of likely N-dealkylation sites (tertiary alicyclic amines) is 1. The van der Waals surface area contributed by atoms with Crippen molar-refractivity contribution in [2.45, 2.75) is 33.1 Å². The van der Waals surface area contributed by atoms with Gasteiger partial charge in [-0.05, 0) is 37.8 Å². The van der Waals surface area contributed by atoms with Crippen LogP contribution in [0, 0.1) is 5.41 Å². The van der Waals surface area contributed by atoms with Gasteiger partial charge in [-0.1, -0.05) is 37.3 Å². The van der Waals surface area contributed by atoms with Gasteiger partial charge in [-0.2, -0.15) is 0 Å². The molecule has 2 rings (SSSR count). The lowest BCUT2D eigenvalue weighted by Crippen LogP contribution is -2.52. The maximum Gasteiger partial charge on any atom is 0.246 e. The minimum atomic E-state index is -3.62. The van der Waals surface area contributed by atoms with Crippen molar-refractivity contribution in [3.8, 4) is 0 Å². The summed E-state index contributed by atoms with van der Waals surface area (Å²) in [4.78, 5) is 26.6. The number of rotatable bonds is 6. The van der Waals surface area contributed by atoms with Crippen LogP contribution in [0.25, 0.3) is 6.08 Å². The second-order valence-corrected chi connectivity index (χ2v) is 8.76. The lowest BCUT2D eigenvalue weighted by atomic mass is 9.81. The highest BCUT2D eigenvalue weighted by Crippen LogP contribution is 2.30. The minimum absolute atomic E-state index is 0.0860.